The summed E-state index contributed by atoms with van der Waals surface area (Å²) in [5.41, 5.74) is 0. The summed E-state index contributed by atoms with van der Waals surface area (Å²) in [6, 6.07) is 0. The maximum atomic E-state index is 10.2. The van der Waals surface area contributed by atoms with E-state index in [-0.39, 0.29) is 5.75 Å². The molecule has 0 unspecified atom stereocenters. The number of hydrogen-bond donors (Lipinski definition) is 1. The first kappa shape index (κ1) is 8.59. The van der Waals surface area contributed by atoms with Gasteiger partial charge in [0.2, 0.25) is 0 Å². The Bertz CT molecular complexity index is 179. The number of thioether (sulfide) groups is 1. The van der Waals surface area contributed by atoms with Crippen LogP contribution in [-0.2, 0) is 4.79 Å². The fourth-order valence-corrected chi connectivity index (χ4v) is 1.70. The molecule has 1 heterocycles. The predicted octanol–water partition coefficient (Wildman–Crippen LogP) is 1.39. The molecule has 0 spiro atoms. The van der Waals surface area contributed by atoms with Crippen LogP contribution in [0.4, 0.5) is 0 Å². The Morgan fingerprint density at radius 1 is 1.64 bits per heavy atom. The van der Waals surface area contributed by atoms with E-state index in [0.29, 0.717) is 0 Å². The Kier molecular flexibility index (Phi) is 3.42. The third-order valence-corrected chi connectivity index (χ3v) is 2.51. The molecule has 0 saturated carbocycles. The molecule has 0 aromatic rings. The molecule has 0 saturated heterocycles. The summed E-state index contributed by atoms with van der Waals surface area (Å²) < 4.78 is 0. The van der Waals surface area contributed by atoms with Crippen molar-refractivity contribution in [2.24, 2.45) is 4.99 Å². The van der Waals surface area contributed by atoms with Crippen LogP contribution >= 0.6 is 11.8 Å². The molecule has 1 N–H and O–H groups in total. The molecule has 11 heavy (non-hydrogen) atoms. The van der Waals surface area contributed by atoms with E-state index in [1.54, 1.807) is 0 Å². The summed E-state index contributed by atoms with van der Waals surface area (Å²) in [7, 11) is 0. The van der Waals surface area contributed by atoms with Crippen molar-refractivity contribution in [1.29, 1.82) is 0 Å². The van der Waals surface area contributed by atoms with Gasteiger partial charge in [0.05, 0.1) is 10.8 Å². The van der Waals surface area contributed by atoms with Crippen LogP contribution in [-0.4, -0.2) is 28.4 Å². The Balaban J connectivity index is 2.24. The Hall–Kier alpha value is -0.510. The largest absolute Gasteiger partial charge is 0.481 e. The van der Waals surface area contributed by atoms with Crippen LogP contribution in [0.2, 0.25) is 0 Å². The molecule has 0 aliphatic carbocycles. The van der Waals surface area contributed by atoms with E-state index in [9.17, 15) is 4.79 Å². The van der Waals surface area contributed by atoms with Gasteiger partial charge in [0, 0.05) is 6.54 Å². The minimum Gasteiger partial charge on any atom is -0.481 e. The smallest absolute Gasteiger partial charge is 0.313 e. The first-order chi connectivity index (χ1) is 5.29. The van der Waals surface area contributed by atoms with Crippen LogP contribution in [0.15, 0.2) is 4.99 Å². The molecule has 0 atom stereocenters. The number of hydrogen-bond acceptors (Lipinski definition) is 3. The zero-order valence-electron chi connectivity index (χ0n) is 6.25. The molecule has 0 amide bonds. The molecule has 4 heteroatoms. The van der Waals surface area contributed by atoms with Gasteiger partial charge in [0.25, 0.3) is 0 Å². The highest BCUT2D eigenvalue weighted by atomic mass is 32.2. The van der Waals surface area contributed by atoms with Crippen molar-refractivity contribution in [3.05, 3.63) is 0 Å². The van der Waals surface area contributed by atoms with Gasteiger partial charge in [0.1, 0.15) is 0 Å². The molecular formula is C7H11NO2S. The van der Waals surface area contributed by atoms with Crippen LogP contribution in [0, 0.1) is 0 Å². The van der Waals surface area contributed by atoms with Crippen LogP contribution in [0.1, 0.15) is 19.3 Å². The van der Waals surface area contributed by atoms with Gasteiger partial charge in [-0.2, -0.15) is 0 Å². The maximum Gasteiger partial charge on any atom is 0.313 e. The van der Waals surface area contributed by atoms with E-state index in [1.165, 1.54) is 11.8 Å². The third-order valence-electron chi connectivity index (χ3n) is 1.45. The topological polar surface area (TPSA) is 49.7 Å². The van der Waals surface area contributed by atoms with Gasteiger partial charge >= 0.3 is 5.97 Å². The Morgan fingerprint density at radius 3 is 3.00 bits per heavy atom. The summed E-state index contributed by atoms with van der Waals surface area (Å²) in [5.74, 6) is -0.609. The van der Waals surface area contributed by atoms with Crippen molar-refractivity contribution in [2.45, 2.75) is 19.3 Å². The molecule has 0 aromatic carbocycles. The van der Waals surface area contributed by atoms with Crippen molar-refractivity contribution in [1.82, 2.24) is 0 Å². The van der Waals surface area contributed by atoms with Crippen molar-refractivity contribution in [2.75, 3.05) is 12.3 Å². The molecule has 0 bridgehead atoms. The van der Waals surface area contributed by atoms with Crippen molar-refractivity contribution >= 4 is 22.8 Å². The highest BCUT2D eigenvalue weighted by molar-refractivity contribution is 8.14. The van der Waals surface area contributed by atoms with Gasteiger partial charge in [0.15, 0.2) is 0 Å². The monoisotopic (exact) mass is 173 g/mol. The summed E-state index contributed by atoms with van der Waals surface area (Å²) in [6.45, 7) is 0.877. The molecule has 0 radical (unpaired) electrons. The van der Waals surface area contributed by atoms with Crippen LogP contribution in [0.25, 0.3) is 0 Å². The average molecular weight is 173 g/mol. The lowest BCUT2D eigenvalue weighted by molar-refractivity contribution is -0.133. The summed E-state index contributed by atoms with van der Waals surface area (Å²) in [4.78, 5) is 14.4. The zero-order chi connectivity index (χ0) is 8.10. The third kappa shape index (κ3) is 3.41. The molecule has 0 fully saturated rings. The van der Waals surface area contributed by atoms with Gasteiger partial charge in [-0.15, -0.1) is 0 Å². The van der Waals surface area contributed by atoms with Crippen molar-refractivity contribution in [3.63, 3.8) is 0 Å². The highest BCUT2D eigenvalue weighted by Crippen LogP contribution is 2.15. The predicted molar refractivity (Wildman–Crippen MR) is 46.2 cm³/mol. The lowest BCUT2D eigenvalue weighted by atomic mass is 10.2. The second-order valence-corrected chi connectivity index (χ2v) is 3.46. The molecule has 1 aliphatic heterocycles. The summed E-state index contributed by atoms with van der Waals surface area (Å²) in [6.07, 6.45) is 3.28. The average Bonchev–Trinajstić information content (AvgIpc) is 2.03. The number of rotatable bonds is 2. The van der Waals surface area contributed by atoms with Crippen LogP contribution in [0.3, 0.4) is 0 Å². The van der Waals surface area contributed by atoms with E-state index in [1.807, 2.05) is 0 Å². The fourth-order valence-electron chi connectivity index (χ4n) is 0.934. The SMILES string of the molecule is O=C(O)CSC1=NCCCC1. The maximum absolute atomic E-state index is 10.2. The van der Waals surface area contributed by atoms with Gasteiger partial charge in [-0.05, 0) is 19.3 Å². The highest BCUT2D eigenvalue weighted by Gasteiger charge is 2.07. The standard InChI is InChI=1S/C7H11NO2S/c9-7(10)5-11-6-3-1-2-4-8-6/h1-5H2,(H,9,10). The van der Waals surface area contributed by atoms with E-state index in [2.05, 4.69) is 4.99 Å². The number of carboxylic acid groups (broad SMARTS) is 1. The number of nitrogens with zero attached hydrogens (tertiary/aromatic N) is 1. The minimum atomic E-state index is -0.761. The van der Waals surface area contributed by atoms with E-state index in [4.69, 9.17) is 5.11 Å². The van der Waals surface area contributed by atoms with Crippen LogP contribution in [0.5, 0.6) is 0 Å². The minimum absolute atomic E-state index is 0.152. The fraction of sp³-hybridized carbons (Fsp3) is 0.714. The van der Waals surface area contributed by atoms with Gasteiger partial charge in [-0.1, -0.05) is 11.8 Å². The number of carboxylic acids is 1. The van der Waals surface area contributed by atoms with Gasteiger partial charge in [-0.25, -0.2) is 0 Å². The summed E-state index contributed by atoms with van der Waals surface area (Å²) >= 11 is 1.36. The zero-order valence-corrected chi connectivity index (χ0v) is 7.06. The second kappa shape index (κ2) is 4.38. The Morgan fingerprint density at radius 2 is 2.45 bits per heavy atom. The van der Waals surface area contributed by atoms with Gasteiger partial charge in [-0.3, -0.25) is 9.79 Å². The van der Waals surface area contributed by atoms with E-state index >= 15 is 0 Å². The number of aliphatic imine (C=N–C) groups is 1. The quantitative estimate of drug-likeness (QED) is 0.686. The molecule has 62 valence electrons. The lowest BCUT2D eigenvalue weighted by Crippen LogP contribution is -2.06. The van der Waals surface area contributed by atoms with Gasteiger partial charge < -0.3 is 5.11 Å². The summed E-state index contributed by atoms with van der Waals surface area (Å²) in [5, 5.41) is 9.38. The number of aliphatic carboxylic acids is 1. The van der Waals surface area contributed by atoms with E-state index in [0.717, 1.165) is 30.9 Å². The molecule has 3 nitrogen and oxygen atoms in total. The molecule has 1 rings (SSSR count). The number of carbonyl (C=O) groups is 1. The van der Waals surface area contributed by atoms with Crippen molar-refractivity contribution in [3.8, 4) is 0 Å². The molecule has 1 aliphatic rings. The normalized spacial score (nSPS) is 17.6. The molecular weight excluding hydrogens is 162 g/mol. The van der Waals surface area contributed by atoms with Crippen LogP contribution < -0.4 is 0 Å². The van der Waals surface area contributed by atoms with Crippen molar-refractivity contribution < 1.29 is 9.90 Å². The second-order valence-electron chi connectivity index (χ2n) is 2.41. The Labute approximate surface area is 69.9 Å². The lowest BCUT2D eigenvalue weighted by Gasteiger charge is -2.09. The first-order valence-electron chi connectivity index (χ1n) is 3.67. The first-order valence-corrected chi connectivity index (χ1v) is 4.65. The molecule has 0 aromatic heterocycles. The van der Waals surface area contributed by atoms with E-state index < -0.39 is 5.97 Å².